The first kappa shape index (κ1) is 18.3. The molecule has 7 nitrogen and oxygen atoms in total. The second-order valence-corrected chi connectivity index (χ2v) is 5.82. The van der Waals surface area contributed by atoms with E-state index in [4.69, 9.17) is 14.2 Å². The molecule has 0 atom stereocenters. The third kappa shape index (κ3) is 3.87. The van der Waals surface area contributed by atoms with Gasteiger partial charge in [0.05, 0.1) is 27.0 Å². The van der Waals surface area contributed by atoms with Gasteiger partial charge in [0.1, 0.15) is 23.8 Å². The highest BCUT2D eigenvalue weighted by atomic mass is 16.5. The Morgan fingerprint density at radius 1 is 0.963 bits per heavy atom. The van der Waals surface area contributed by atoms with Crippen molar-refractivity contribution in [2.75, 3.05) is 26.6 Å². The van der Waals surface area contributed by atoms with Crippen molar-refractivity contribution in [1.29, 1.82) is 0 Å². The van der Waals surface area contributed by atoms with Crippen LogP contribution in [0.4, 0.5) is 5.69 Å². The molecule has 0 unspecified atom stereocenters. The summed E-state index contributed by atoms with van der Waals surface area (Å²) in [5.41, 5.74) is 0.225. The van der Waals surface area contributed by atoms with Gasteiger partial charge < -0.3 is 24.1 Å². The number of nitrogens with one attached hydrogen (secondary N) is 1. The summed E-state index contributed by atoms with van der Waals surface area (Å²) in [6.45, 7) is -0.124. The molecular weight excluding hydrogens is 348 g/mol. The molecule has 140 valence electrons. The molecular formula is C20H20N2O5. The number of nitrogens with zero attached hydrogens (tertiary/aromatic N) is 1. The van der Waals surface area contributed by atoms with Gasteiger partial charge in [0, 0.05) is 17.6 Å². The normalized spacial score (nSPS) is 10.5. The molecule has 0 aliphatic heterocycles. The van der Waals surface area contributed by atoms with E-state index in [2.05, 4.69) is 5.32 Å². The van der Waals surface area contributed by atoms with Gasteiger partial charge in [-0.1, -0.05) is 0 Å². The van der Waals surface area contributed by atoms with Crippen molar-refractivity contribution in [1.82, 2.24) is 4.57 Å². The van der Waals surface area contributed by atoms with Crippen LogP contribution in [0.1, 0.15) is 0 Å². The van der Waals surface area contributed by atoms with Gasteiger partial charge >= 0.3 is 0 Å². The number of aromatic nitrogens is 1. The highest BCUT2D eigenvalue weighted by molar-refractivity contribution is 5.92. The molecule has 0 aliphatic rings. The van der Waals surface area contributed by atoms with Crippen molar-refractivity contribution in [3.63, 3.8) is 0 Å². The summed E-state index contributed by atoms with van der Waals surface area (Å²) in [6, 6.07) is 12.1. The largest absolute Gasteiger partial charge is 0.497 e. The minimum Gasteiger partial charge on any atom is -0.497 e. The van der Waals surface area contributed by atoms with Crippen LogP contribution in [0.3, 0.4) is 0 Å². The number of hydrogen-bond donors (Lipinski definition) is 1. The van der Waals surface area contributed by atoms with E-state index >= 15 is 0 Å². The Kier molecular flexibility index (Phi) is 5.30. The van der Waals surface area contributed by atoms with Crippen LogP contribution < -0.4 is 25.1 Å². The highest BCUT2D eigenvalue weighted by Gasteiger charge is 2.12. The van der Waals surface area contributed by atoms with E-state index in [0.717, 1.165) is 5.39 Å². The number of rotatable bonds is 6. The number of amides is 1. The summed E-state index contributed by atoms with van der Waals surface area (Å²) >= 11 is 0. The van der Waals surface area contributed by atoms with Gasteiger partial charge in [0.2, 0.25) is 5.91 Å². The Labute approximate surface area is 156 Å². The van der Waals surface area contributed by atoms with E-state index in [9.17, 15) is 9.59 Å². The number of fused-ring (bicyclic) bond motifs is 1. The lowest BCUT2D eigenvalue weighted by molar-refractivity contribution is -0.116. The molecule has 3 aromatic rings. The predicted molar refractivity (Wildman–Crippen MR) is 103 cm³/mol. The van der Waals surface area contributed by atoms with Gasteiger partial charge in [-0.2, -0.15) is 0 Å². The lowest BCUT2D eigenvalue weighted by Crippen LogP contribution is -2.27. The zero-order valence-corrected chi connectivity index (χ0v) is 15.3. The molecule has 0 aliphatic carbocycles. The Hall–Kier alpha value is -3.48. The standard InChI is InChI=1S/C20H20N2O5/c1-25-14-4-6-16-13(10-14)8-9-22(20(16)24)12-19(23)21-17-11-15(26-2)5-7-18(17)27-3/h4-11H,12H2,1-3H3,(H,21,23). The van der Waals surface area contributed by atoms with Crippen LogP contribution in [-0.4, -0.2) is 31.8 Å². The van der Waals surface area contributed by atoms with E-state index in [1.165, 1.54) is 18.8 Å². The second-order valence-electron chi connectivity index (χ2n) is 5.82. The summed E-state index contributed by atoms with van der Waals surface area (Å²) in [5, 5.41) is 4.03. The molecule has 0 saturated carbocycles. The topological polar surface area (TPSA) is 78.8 Å². The van der Waals surface area contributed by atoms with Gasteiger partial charge in [-0.25, -0.2) is 0 Å². The maximum atomic E-state index is 12.6. The SMILES string of the molecule is COc1ccc(OC)c(NC(=O)Cn2ccc3cc(OC)ccc3c2=O)c1. The number of ether oxygens (including phenoxy) is 3. The Morgan fingerprint density at radius 3 is 2.37 bits per heavy atom. The fraction of sp³-hybridized carbons (Fsp3) is 0.200. The van der Waals surface area contributed by atoms with Crippen molar-refractivity contribution in [2.24, 2.45) is 0 Å². The first-order valence-corrected chi connectivity index (χ1v) is 8.25. The second kappa shape index (κ2) is 7.82. The van der Waals surface area contributed by atoms with Crippen molar-refractivity contribution in [3.05, 3.63) is 59.0 Å². The third-order valence-corrected chi connectivity index (χ3v) is 4.18. The molecule has 0 radical (unpaired) electrons. The Balaban J connectivity index is 1.84. The number of carbonyl (C=O) groups is 1. The van der Waals surface area contributed by atoms with Crippen LogP contribution in [0.15, 0.2) is 53.5 Å². The first-order valence-electron chi connectivity index (χ1n) is 8.25. The number of methoxy groups -OCH3 is 3. The highest BCUT2D eigenvalue weighted by Crippen LogP contribution is 2.28. The van der Waals surface area contributed by atoms with E-state index in [1.807, 2.05) is 0 Å². The quantitative estimate of drug-likeness (QED) is 0.724. The maximum absolute atomic E-state index is 12.6. The molecule has 1 amide bonds. The zero-order valence-electron chi connectivity index (χ0n) is 15.3. The summed E-state index contributed by atoms with van der Waals surface area (Å²) in [7, 11) is 4.62. The molecule has 0 spiro atoms. The smallest absolute Gasteiger partial charge is 0.258 e. The molecule has 0 fully saturated rings. The van der Waals surface area contributed by atoms with Crippen LogP contribution in [-0.2, 0) is 11.3 Å². The lowest BCUT2D eigenvalue weighted by atomic mass is 10.1. The van der Waals surface area contributed by atoms with Crippen molar-refractivity contribution in [3.8, 4) is 17.2 Å². The van der Waals surface area contributed by atoms with Crippen LogP contribution in [0.2, 0.25) is 0 Å². The number of pyridine rings is 1. The van der Waals surface area contributed by atoms with Crippen LogP contribution in [0, 0.1) is 0 Å². The van der Waals surface area contributed by atoms with Gasteiger partial charge in [-0.3, -0.25) is 9.59 Å². The zero-order chi connectivity index (χ0) is 19.4. The minimum atomic E-state index is -0.350. The van der Waals surface area contributed by atoms with Crippen molar-refractivity contribution >= 4 is 22.4 Å². The van der Waals surface area contributed by atoms with Gasteiger partial charge in [-0.15, -0.1) is 0 Å². The molecule has 3 rings (SSSR count). The predicted octanol–water partition coefficient (Wildman–Crippen LogP) is 2.67. The molecule has 7 heteroatoms. The number of benzene rings is 2. The fourth-order valence-corrected chi connectivity index (χ4v) is 2.77. The number of carbonyl (C=O) groups excluding carboxylic acids is 1. The van der Waals surface area contributed by atoms with Gasteiger partial charge in [-0.05, 0) is 41.8 Å². The van der Waals surface area contributed by atoms with Gasteiger partial charge in [0.15, 0.2) is 0 Å². The average molecular weight is 368 g/mol. The summed E-state index contributed by atoms with van der Waals surface area (Å²) < 4.78 is 16.9. The van der Waals surface area contributed by atoms with E-state index in [-0.39, 0.29) is 18.0 Å². The average Bonchev–Trinajstić information content (AvgIpc) is 2.69. The molecule has 27 heavy (non-hydrogen) atoms. The number of hydrogen-bond acceptors (Lipinski definition) is 5. The van der Waals surface area contributed by atoms with Gasteiger partial charge in [0.25, 0.3) is 5.56 Å². The molecule has 1 N–H and O–H groups in total. The summed E-state index contributed by atoms with van der Waals surface area (Å²) in [5.74, 6) is 1.41. The Bertz CT molecular complexity index is 1040. The Morgan fingerprint density at radius 2 is 1.67 bits per heavy atom. The van der Waals surface area contributed by atoms with Crippen LogP contribution >= 0.6 is 0 Å². The fourth-order valence-electron chi connectivity index (χ4n) is 2.77. The third-order valence-electron chi connectivity index (χ3n) is 4.18. The molecule has 0 bridgehead atoms. The van der Waals surface area contributed by atoms with E-state index < -0.39 is 0 Å². The maximum Gasteiger partial charge on any atom is 0.258 e. The summed E-state index contributed by atoms with van der Waals surface area (Å²) in [4.78, 5) is 25.1. The monoisotopic (exact) mass is 368 g/mol. The van der Waals surface area contributed by atoms with E-state index in [0.29, 0.717) is 28.3 Å². The molecule has 1 aromatic heterocycles. The molecule has 0 saturated heterocycles. The van der Waals surface area contributed by atoms with E-state index in [1.54, 1.807) is 55.8 Å². The van der Waals surface area contributed by atoms with Crippen LogP contribution in [0.25, 0.3) is 10.8 Å². The number of anilines is 1. The molecule has 2 aromatic carbocycles. The minimum absolute atomic E-state index is 0.124. The van der Waals surface area contributed by atoms with Crippen molar-refractivity contribution < 1.29 is 19.0 Å². The molecule has 1 heterocycles. The first-order chi connectivity index (χ1) is 13.0. The summed E-state index contributed by atoms with van der Waals surface area (Å²) in [6.07, 6.45) is 1.59. The van der Waals surface area contributed by atoms with Crippen LogP contribution in [0.5, 0.6) is 17.2 Å². The lowest BCUT2D eigenvalue weighted by Gasteiger charge is -2.13. The van der Waals surface area contributed by atoms with Crippen molar-refractivity contribution in [2.45, 2.75) is 6.54 Å².